The molecule has 1 unspecified atom stereocenters. The zero-order valence-corrected chi connectivity index (χ0v) is 12.4. The first-order chi connectivity index (χ1) is 7.94. The Bertz CT molecular complexity index is 344. The standard InChI is InChI=1S/C14H24O2Si/c1-16-14-7-5-6-12(9-14)8-13(10-15)11-17(2,3)4/h5-7,9,13,15H,8,10-11H2,1-4H3. The van der Waals surface area contributed by atoms with Crippen LogP contribution in [0.4, 0.5) is 0 Å². The molecule has 1 rings (SSSR count). The van der Waals surface area contributed by atoms with Gasteiger partial charge in [-0.15, -0.1) is 0 Å². The van der Waals surface area contributed by atoms with Gasteiger partial charge in [0.2, 0.25) is 0 Å². The zero-order valence-electron chi connectivity index (χ0n) is 11.4. The van der Waals surface area contributed by atoms with Crippen LogP contribution in [-0.2, 0) is 6.42 Å². The maximum absolute atomic E-state index is 9.47. The Hall–Kier alpha value is -0.803. The van der Waals surface area contributed by atoms with E-state index >= 15 is 0 Å². The van der Waals surface area contributed by atoms with Crippen LogP contribution >= 0.6 is 0 Å². The van der Waals surface area contributed by atoms with Crippen molar-refractivity contribution in [3.05, 3.63) is 29.8 Å². The summed E-state index contributed by atoms with van der Waals surface area (Å²) in [5.41, 5.74) is 1.25. The molecular weight excluding hydrogens is 228 g/mol. The summed E-state index contributed by atoms with van der Waals surface area (Å²) in [6, 6.07) is 9.30. The topological polar surface area (TPSA) is 29.5 Å². The van der Waals surface area contributed by atoms with E-state index in [4.69, 9.17) is 4.74 Å². The molecule has 0 saturated carbocycles. The Morgan fingerprint density at radius 3 is 2.53 bits per heavy atom. The summed E-state index contributed by atoms with van der Waals surface area (Å²) in [5, 5.41) is 9.47. The van der Waals surface area contributed by atoms with Crippen molar-refractivity contribution in [2.75, 3.05) is 13.7 Å². The van der Waals surface area contributed by atoms with Crippen LogP contribution in [0.15, 0.2) is 24.3 Å². The minimum Gasteiger partial charge on any atom is -0.497 e. The lowest BCUT2D eigenvalue weighted by Crippen LogP contribution is -2.26. The van der Waals surface area contributed by atoms with Crippen molar-refractivity contribution in [3.63, 3.8) is 0 Å². The first-order valence-corrected chi connectivity index (χ1v) is 9.89. The maximum Gasteiger partial charge on any atom is 0.119 e. The molecule has 0 bridgehead atoms. The molecular formula is C14H24O2Si. The number of aliphatic hydroxyl groups excluding tert-OH is 1. The Morgan fingerprint density at radius 2 is 2.00 bits per heavy atom. The van der Waals surface area contributed by atoms with Crippen molar-refractivity contribution in [2.24, 2.45) is 5.92 Å². The molecule has 17 heavy (non-hydrogen) atoms. The van der Waals surface area contributed by atoms with E-state index in [0.29, 0.717) is 5.92 Å². The molecule has 1 aromatic carbocycles. The molecule has 0 aliphatic heterocycles. The van der Waals surface area contributed by atoms with Crippen LogP contribution in [0.5, 0.6) is 5.75 Å². The fourth-order valence-corrected chi connectivity index (χ4v) is 4.21. The minimum absolute atomic E-state index is 0.279. The lowest BCUT2D eigenvalue weighted by Gasteiger charge is -2.23. The molecule has 1 atom stereocenters. The highest BCUT2D eigenvalue weighted by Crippen LogP contribution is 2.22. The van der Waals surface area contributed by atoms with Crippen molar-refractivity contribution >= 4 is 8.07 Å². The second-order valence-electron chi connectivity index (χ2n) is 5.87. The number of hydrogen-bond acceptors (Lipinski definition) is 2. The third-order valence-corrected chi connectivity index (χ3v) is 4.62. The zero-order chi connectivity index (χ0) is 12.9. The summed E-state index contributed by atoms with van der Waals surface area (Å²) in [7, 11) is 0.577. The quantitative estimate of drug-likeness (QED) is 0.788. The van der Waals surface area contributed by atoms with Gasteiger partial charge in [-0.3, -0.25) is 0 Å². The van der Waals surface area contributed by atoms with Gasteiger partial charge in [0.05, 0.1) is 7.11 Å². The molecule has 0 amide bonds. The van der Waals surface area contributed by atoms with Crippen LogP contribution in [0.1, 0.15) is 5.56 Å². The van der Waals surface area contributed by atoms with Crippen molar-refractivity contribution in [1.29, 1.82) is 0 Å². The van der Waals surface area contributed by atoms with Gasteiger partial charge < -0.3 is 9.84 Å². The third kappa shape index (κ3) is 5.37. The van der Waals surface area contributed by atoms with Gasteiger partial charge >= 0.3 is 0 Å². The van der Waals surface area contributed by atoms with Gasteiger partial charge in [0.1, 0.15) is 5.75 Å². The van der Waals surface area contributed by atoms with Gasteiger partial charge in [0.15, 0.2) is 0 Å². The molecule has 0 heterocycles. The maximum atomic E-state index is 9.47. The molecule has 96 valence electrons. The lowest BCUT2D eigenvalue weighted by atomic mass is 10.0. The number of aliphatic hydroxyl groups is 1. The summed E-state index contributed by atoms with van der Waals surface area (Å²) < 4.78 is 5.22. The van der Waals surface area contributed by atoms with E-state index in [9.17, 15) is 5.11 Å². The van der Waals surface area contributed by atoms with Gasteiger partial charge in [-0.2, -0.15) is 0 Å². The van der Waals surface area contributed by atoms with Gasteiger partial charge in [0, 0.05) is 14.7 Å². The fraction of sp³-hybridized carbons (Fsp3) is 0.571. The number of benzene rings is 1. The van der Waals surface area contributed by atoms with Gasteiger partial charge in [0.25, 0.3) is 0 Å². The second-order valence-corrected chi connectivity index (χ2v) is 11.4. The van der Waals surface area contributed by atoms with E-state index in [1.54, 1.807) is 7.11 Å². The van der Waals surface area contributed by atoms with Crippen molar-refractivity contribution in [2.45, 2.75) is 32.1 Å². The number of ether oxygens (including phenoxy) is 1. The van der Waals surface area contributed by atoms with E-state index < -0.39 is 8.07 Å². The van der Waals surface area contributed by atoms with Crippen molar-refractivity contribution in [1.82, 2.24) is 0 Å². The second kappa shape index (κ2) is 6.22. The van der Waals surface area contributed by atoms with Gasteiger partial charge in [-0.1, -0.05) is 37.8 Å². The van der Waals surface area contributed by atoms with Crippen LogP contribution in [0.25, 0.3) is 0 Å². The third-order valence-electron chi connectivity index (χ3n) is 2.82. The Kier molecular flexibility index (Phi) is 5.21. The van der Waals surface area contributed by atoms with Crippen LogP contribution in [0.3, 0.4) is 0 Å². The van der Waals surface area contributed by atoms with E-state index in [-0.39, 0.29) is 6.61 Å². The molecule has 1 N–H and O–H groups in total. The van der Waals surface area contributed by atoms with Crippen LogP contribution < -0.4 is 4.74 Å². The first-order valence-electron chi connectivity index (χ1n) is 6.18. The molecule has 0 aliphatic rings. The molecule has 0 aromatic heterocycles. The average molecular weight is 252 g/mol. The van der Waals surface area contributed by atoms with Crippen molar-refractivity contribution < 1.29 is 9.84 Å². The largest absolute Gasteiger partial charge is 0.497 e. The first kappa shape index (κ1) is 14.3. The summed E-state index contributed by atoms with van der Waals surface area (Å²) in [5.74, 6) is 1.28. The van der Waals surface area contributed by atoms with E-state index in [2.05, 4.69) is 31.8 Å². The monoisotopic (exact) mass is 252 g/mol. The smallest absolute Gasteiger partial charge is 0.119 e. The molecule has 1 aromatic rings. The van der Waals surface area contributed by atoms with Crippen LogP contribution in [0.2, 0.25) is 25.7 Å². The van der Waals surface area contributed by atoms with Crippen molar-refractivity contribution in [3.8, 4) is 5.75 Å². The summed E-state index contributed by atoms with van der Waals surface area (Å²) in [6.07, 6.45) is 0.942. The summed E-state index contributed by atoms with van der Waals surface area (Å²) >= 11 is 0. The molecule has 0 radical (unpaired) electrons. The fourth-order valence-electron chi connectivity index (χ4n) is 2.20. The predicted octanol–water partition coefficient (Wildman–Crippen LogP) is 3.18. The van der Waals surface area contributed by atoms with Crippen LogP contribution in [0, 0.1) is 5.92 Å². The highest BCUT2D eigenvalue weighted by atomic mass is 28.3. The van der Waals surface area contributed by atoms with E-state index in [1.807, 2.05) is 12.1 Å². The minimum atomic E-state index is -1.11. The average Bonchev–Trinajstić information content (AvgIpc) is 2.26. The van der Waals surface area contributed by atoms with Crippen LogP contribution in [-0.4, -0.2) is 26.9 Å². The Balaban J connectivity index is 2.67. The summed E-state index contributed by atoms with van der Waals surface area (Å²) in [6.45, 7) is 7.32. The molecule has 0 saturated heterocycles. The van der Waals surface area contributed by atoms with E-state index in [0.717, 1.165) is 12.2 Å². The number of rotatable bonds is 6. The molecule has 0 spiro atoms. The Labute approximate surface area is 106 Å². The highest BCUT2D eigenvalue weighted by molar-refractivity contribution is 6.76. The van der Waals surface area contributed by atoms with Gasteiger partial charge in [-0.05, 0) is 30.0 Å². The Morgan fingerprint density at radius 1 is 1.29 bits per heavy atom. The molecule has 3 heteroatoms. The molecule has 0 fully saturated rings. The molecule has 0 aliphatic carbocycles. The van der Waals surface area contributed by atoms with E-state index in [1.165, 1.54) is 11.6 Å². The lowest BCUT2D eigenvalue weighted by molar-refractivity contribution is 0.236. The number of hydrogen-bond donors (Lipinski definition) is 1. The SMILES string of the molecule is COc1cccc(CC(CO)C[Si](C)(C)C)c1. The predicted molar refractivity (Wildman–Crippen MR) is 75.4 cm³/mol. The number of methoxy groups -OCH3 is 1. The highest BCUT2D eigenvalue weighted by Gasteiger charge is 2.20. The molecule has 2 nitrogen and oxygen atoms in total. The summed E-state index contributed by atoms with van der Waals surface area (Å²) in [4.78, 5) is 0. The van der Waals surface area contributed by atoms with Gasteiger partial charge in [-0.25, -0.2) is 0 Å². The normalized spacial score (nSPS) is 13.5.